The van der Waals surface area contributed by atoms with E-state index in [2.05, 4.69) is 17.2 Å². The lowest BCUT2D eigenvalue weighted by Crippen LogP contribution is -2.40. The highest BCUT2D eigenvalue weighted by Crippen LogP contribution is 2.39. The third-order valence-electron chi connectivity index (χ3n) is 3.18. The number of hydrogen-bond acceptors (Lipinski definition) is 2. The van der Waals surface area contributed by atoms with E-state index in [4.69, 9.17) is 0 Å². The molecule has 1 aliphatic carbocycles. The van der Waals surface area contributed by atoms with Gasteiger partial charge in [-0.1, -0.05) is 19.4 Å². The van der Waals surface area contributed by atoms with Crippen molar-refractivity contribution in [2.75, 3.05) is 6.54 Å². The predicted octanol–water partition coefficient (Wildman–Crippen LogP) is 2.14. The molecule has 0 saturated heterocycles. The number of amides is 1. The Hall–Kier alpha value is -1.45. The first kappa shape index (κ1) is 11.0. The summed E-state index contributed by atoms with van der Waals surface area (Å²) < 4.78 is 12.8. The number of carbonyl (C=O) groups is 1. The van der Waals surface area contributed by atoms with Crippen molar-refractivity contribution >= 4 is 5.91 Å². The number of nitrogens with one attached hydrogen (secondary N) is 1. The molecule has 0 bridgehead atoms. The van der Waals surface area contributed by atoms with Gasteiger partial charge in [0, 0.05) is 6.54 Å². The number of aromatic nitrogens is 1. The minimum Gasteiger partial charge on any atom is -0.350 e. The minimum absolute atomic E-state index is 0.142. The number of hydrogen-bond donors (Lipinski definition) is 1. The first-order chi connectivity index (χ1) is 7.59. The first-order valence-corrected chi connectivity index (χ1v) is 5.50. The highest BCUT2D eigenvalue weighted by atomic mass is 19.1. The van der Waals surface area contributed by atoms with Gasteiger partial charge in [-0.2, -0.15) is 4.39 Å². The Labute approximate surface area is 94.1 Å². The van der Waals surface area contributed by atoms with Gasteiger partial charge in [0.15, 0.2) is 0 Å². The van der Waals surface area contributed by atoms with Gasteiger partial charge in [0.2, 0.25) is 5.95 Å². The average molecular weight is 222 g/mol. The van der Waals surface area contributed by atoms with E-state index in [1.807, 2.05) is 0 Å². The molecule has 0 radical (unpaired) electrons. The van der Waals surface area contributed by atoms with Crippen molar-refractivity contribution in [3.8, 4) is 0 Å². The molecule has 1 fully saturated rings. The molecule has 0 spiro atoms. The Balaban J connectivity index is 1.93. The molecule has 0 aliphatic heterocycles. The van der Waals surface area contributed by atoms with Crippen LogP contribution in [-0.4, -0.2) is 17.4 Å². The molecule has 86 valence electrons. The highest BCUT2D eigenvalue weighted by molar-refractivity contribution is 5.92. The van der Waals surface area contributed by atoms with Crippen molar-refractivity contribution in [1.82, 2.24) is 10.3 Å². The topological polar surface area (TPSA) is 42.0 Å². The molecule has 2 rings (SSSR count). The van der Waals surface area contributed by atoms with Crippen molar-refractivity contribution in [3.05, 3.63) is 29.8 Å². The van der Waals surface area contributed by atoms with Crippen LogP contribution in [0.5, 0.6) is 0 Å². The normalized spacial score (nSPS) is 17.6. The van der Waals surface area contributed by atoms with Crippen molar-refractivity contribution in [2.45, 2.75) is 26.2 Å². The molecule has 1 amide bonds. The van der Waals surface area contributed by atoms with Gasteiger partial charge in [0.25, 0.3) is 5.91 Å². The van der Waals surface area contributed by atoms with Gasteiger partial charge in [-0.15, -0.1) is 0 Å². The van der Waals surface area contributed by atoms with Crippen LogP contribution in [0.15, 0.2) is 18.2 Å². The van der Waals surface area contributed by atoms with E-state index in [0.29, 0.717) is 6.54 Å². The van der Waals surface area contributed by atoms with Crippen LogP contribution in [0.2, 0.25) is 0 Å². The Morgan fingerprint density at radius 3 is 2.88 bits per heavy atom. The third-order valence-corrected chi connectivity index (χ3v) is 3.18. The van der Waals surface area contributed by atoms with Crippen molar-refractivity contribution in [2.24, 2.45) is 5.41 Å². The summed E-state index contributed by atoms with van der Waals surface area (Å²) in [5, 5.41) is 2.80. The van der Waals surface area contributed by atoms with Crippen LogP contribution in [0.3, 0.4) is 0 Å². The lowest BCUT2D eigenvalue weighted by molar-refractivity contribution is 0.0885. The van der Waals surface area contributed by atoms with Crippen LogP contribution in [0.25, 0.3) is 0 Å². The van der Waals surface area contributed by atoms with Crippen LogP contribution in [0, 0.1) is 11.4 Å². The summed E-state index contributed by atoms with van der Waals surface area (Å²) in [6.07, 6.45) is 3.51. The van der Waals surface area contributed by atoms with Crippen molar-refractivity contribution < 1.29 is 9.18 Å². The second-order valence-corrected chi connectivity index (χ2v) is 4.69. The predicted molar refractivity (Wildman–Crippen MR) is 58.5 cm³/mol. The van der Waals surface area contributed by atoms with E-state index in [9.17, 15) is 9.18 Å². The van der Waals surface area contributed by atoms with Gasteiger partial charge in [-0.25, -0.2) is 4.98 Å². The lowest BCUT2D eigenvalue weighted by Gasteiger charge is -2.38. The number of carbonyl (C=O) groups excluding carboxylic acids is 1. The Morgan fingerprint density at radius 2 is 2.31 bits per heavy atom. The molecule has 1 heterocycles. The van der Waals surface area contributed by atoms with E-state index in [0.717, 1.165) is 12.8 Å². The SMILES string of the molecule is CC1(CNC(=O)c2cccc(F)n2)CCC1. The van der Waals surface area contributed by atoms with Crippen LogP contribution in [-0.2, 0) is 0 Å². The maximum Gasteiger partial charge on any atom is 0.270 e. The number of nitrogens with zero attached hydrogens (tertiary/aromatic N) is 1. The van der Waals surface area contributed by atoms with Gasteiger partial charge in [0.05, 0.1) is 0 Å². The zero-order valence-electron chi connectivity index (χ0n) is 9.29. The zero-order valence-corrected chi connectivity index (χ0v) is 9.29. The van der Waals surface area contributed by atoms with Crippen LogP contribution >= 0.6 is 0 Å². The number of rotatable bonds is 3. The summed E-state index contributed by atoms with van der Waals surface area (Å²) in [6, 6.07) is 4.23. The third kappa shape index (κ3) is 2.38. The van der Waals surface area contributed by atoms with E-state index in [-0.39, 0.29) is 17.0 Å². The summed E-state index contributed by atoms with van der Waals surface area (Å²) >= 11 is 0. The molecule has 1 N–H and O–H groups in total. The quantitative estimate of drug-likeness (QED) is 0.796. The molecule has 1 aliphatic rings. The van der Waals surface area contributed by atoms with Crippen molar-refractivity contribution in [3.63, 3.8) is 0 Å². The smallest absolute Gasteiger partial charge is 0.270 e. The summed E-state index contributed by atoms with van der Waals surface area (Å²) in [7, 11) is 0. The summed E-state index contributed by atoms with van der Waals surface area (Å²) in [5.41, 5.74) is 0.367. The Kier molecular flexibility index (Phi) is 2.90. The summed E-state index contributed by atoms with van der Waals surface area (Å²) in [6.45, 7) is 2.79. The molecule has 3 nitrogen and oxygen atoms in total. The number of pyridine rings is 1. The summed E-state index contributed by atoms with van der Waals surface area (Å²) in [5.74, 6) is -0.921. The molecule has 1 saturated carbocycles. The fraction of sp³-hybridized carbons (Fsp3) is 0.500. The fourth-order valence-corrected chi connectivity index (χ4v) is 1.88. The molecule has 0 atom stereocenters. The van der Waals surface area contributed by atoms with E-state index in [1.54, 1.807) is 0 Å². The number of halogens is 1. The second kappa shape index (κ2) is 4.20. The average Bonchev–Trinajstić information content (AvgIpc) is 2.23. The van der Waals surface area contributed by atoms with Gasteiger partial charge in [-0.05, 0) is 30.4 Å². The molecule has 4 heteroatoms. The van der Waals surface area contributed by atoms with Gasteiger partial charge in [-0.3, -0.25) is 4.79 Å². The van der Waals surface area contributed by atoms with Crippen LogP contribution in [0.1, 0.15) is 36.7 Å². The van der Waals surface area contributed by atoms with E-state index >= 15 is 0 Å². The first-order valence-electron chi connectivity index (χ1n) is 5.50. The molecular formula is C12H15FN2O. The molecule has 0 aromatic carbocycles. The van der Waals surface area contributed by atoms with Gasteiger partial charge >= 0.3 is 0 Å². The van der Waals surface area contributed by atoms with Crippen LogP contribution in [0.4, 0.5) is 4.39 Å². The standard InChI is InChI=1S/C12H15FN2O/c1-12(6-3-7-12)8-14-11(16)9-4-2-5-10(13)15-9/h2,4-5H,3,6-8H2,1H3,(H,14,16). The fourth-order valence-electron chi connectivity index (χ4n) is 1.88. The molecule has 0 unspecified atom stereocenters. The Morgan fingerprint density at radius 1 is 1.56 bits per heavy atom. The largest absolute Gasteiger partial charge is 0.350 e. The molecule has 16 heavy (non-hydrogen) atoms. The van der Waals surface area contributed by atoms with Gasteiger partial charge in [0.1, 0.15) is 5.69 Å². The maximum absolute atomic E-state index is 12.8. The van der Waals surface area contributed by atoms with E-state index in [1.165, 1.54) is 24.6 Å². The van der Waals surface area contributed by atoms with Gasteiger partial charge < -0.3 is 5.32 Å². The monoisotopic (exact) mass is 222 g/mol. The maximum atomic E-state index is 12.8. The van der Waals surface area contributed by atoms with Crippen molar-refractivity contribution in [1.29, 1.82) is 0 Å². The minimum atomic E-state index is -0.623. The molecular weight excluding hydrogens is 207 g/mol. The van der Waals surface area contributed by atoms with E-state index < -0.39 is 5.95 Å². The lowest BCUT2D eigenvalue weighted by atomic mass is 9.70. The Bertz CT molecular complexity index is 402. The highest BCUT2D eigenvalue weighted by Gasteiger charge is 2.31. The molecule has 1 aromatic heterocycles. The van der Waals surface area contributed by atoms with Crippen LogP contribution < -0.4 is 5.32 Å². The molecule has 1 aromatic rings. The second-order valence-electron chi connectivity index (χ2n) is 4.69. The summed E-state index contributed by atoms with van der Waals surface area (Å²) in [4.78, 5) is 15.2. The zero-order chi connectivity index (χ0) is 11.6.